The third-order valence-electron chi connectivity index (χ3n) is 4.30. The lowest BCUT2D eigenvalue weighted by Crippen LogP contribution is -2.26. The average molecular weight is 398 g/mol. The molecule has 0 unspecified atom stereocenters. The van der Waals surface area contributed by atoms with E-state index in [0.29, 0.717) is 11.4 Å². The number of nitrogens with zero attached hydrogens (tertiary/aromatic N) is 3. The molecule has 0 saturated carbocycles. The number of hydrogen-bond acceptors (Lipinski definition) is 4. The number of sulfonamides is 1. The van der Waals surface area contributed by atoms with Gasteiger partial charge >= 0.3 is 0 Å². The Bertz CT molecular complexity index is 1070. The second-order valence-electron chi connectivity index (χ2n) is 6.52. The van der Waals surface area contributed by atoms with Crippen LogP contribution >= 0.6 is 0 Å². The van der Waals surface area contributed by atoms with Gasteiger partial charge in [0.25, 0.3) is 5.91 Å². The standard InChI is InChI=1S/C20H22N4O3S/c1-15-13-19(24(3)22-15)20(25)21-17-9-11-18(12-10-17)28(26,27)23(2)14-16-7-5-4-6-8-16/h4-13H,14H2,1-3H3,(H,21,25). The molecule has 0 aliphatic carbocycles. The first-order valence-electron chi connectivity index (χ1n) is 8.69. The van der Waals surface area contributed by atoms with E-state index in [1.807, 2.05) is 37.3 Å². The molecule has 0 aliphatic rings. The molecule has 1 heterocycles. The summed E-state index contributed by atoms with van der Waals surface area (Å²) < 4.78 is 28.3. The normalized spacial score (nSPS) is 11.6. The second-order valence-corrected chi connectivity index (χ2v) is 8.56. The van der Waals surface area contributed by atoms with E-state index >= 15 is 0 Å². The first-order chi connectivity index (χ1) is 13.3. The van der Waals surface area contributed by atoms with Crippen LogP contribution in [-0.2, 0) is 23.6 Å². The van der Waals surface area contributed by atoms with Gasteiger partial charge in [-0.05, 0) is 42.8 Å². The summed E-state index contributed by atoms with van der Waals surface area (Å²) in [4.78, 5) is 12.5. The second kappa shape index (κ2) is 7.95. The molecule has 0 saturated heterocycles. The Labute approximate surface area is 164 Å². The highest BCUT2D eigenvalue weighted by Crippen LogP contribution is 2.19. The summed E-state index contributed by atoms with van der Waals surface area (Å²) in [5, 5.41) is 6.90. The molecule has 2 aromatic carbocycles. The number of carbonyl (C=O) groups is 1. The number of anilines is 1. The third kappa shape index (κ3) is 4.29. The molecule has 0 radical (unpaired) electrons. The lowest BCUT2D eigenvalue weighted by atomic mass is 10.2. The van der Waals surface area contributed by atoms with Crippen LogP contribution in [-0.4, -0.2) is 35.5 Å². The van der Waals surface area contributed by atoms with Gasteiger partial charge < -0.3 is 5.32 Å². The van der Waals surface area contributed by atoms with E-state index in [2.05, 4.69) is 10.4 Å². The van der Waals surface area contributed by atoms with E-state index in [1.165, 1.54) is 21.1 Å². The zero-order valence-electron chi connectivity index (χ0n) is 16.0. The highest BCUT2D eigenvalue weighted by atomic mass is 32.2. The van der Waals surface area contributed by atoms with E-state index < -0.39 is 10.0 Å². The molecule has 3 aromatic rings. The van der Waals surface area contributed by atoms with Crippen molar-refractivity contribution in [1.82, 2.24) is 14.1 Å². The minimum Gasteiger partial charge on any atom is -0.321 e. The molecule has 146 valence electrons. The molecule has 0 aliphatic heterocycles. The molecule has 0 bridgehead atoms. The summed E-state index contributed by atoms with van der Waals surface area (Å²) in [7, 11) is -0.392. The zero-order chi connectivity index (χ0) is 20.3. The molecule has 1 N–H and O–H groups in total. The molecule has 8 heteroatoms. The molecule has 28 heavy (non-hydrogen) atoms. The molecule has 0 atom stereocenters. The van der Waals surface area contributed by atoms with Gasteiger partial charge in [-0.15, -0.1) is 0 Å². The average Bonchev–Trinajstić information content (AvgIpc) is 3.01. The fourth-order valence-corrected chi connectivity index (χ4v) is 3.99. The third-order valence-corrected chi connectivity index (χ3v) is 6.12. The maximum Gasteiger partial charge on any atom is 0.273 e. The summed E-state index contributed by atoms with van der Waals surface area (Å²) in [6.07, 6.45) is 0. The highest BCUT2D eigenvalue weighted by molar-refractivity contribution is 7.89. The predicted molar refractivity (Wildman–Crippen MR) is 107 cm³/mol. The van der Waals surface area contributed by atoms with Crippen LogP contribution in [0.3, 0.4) is 0 Å². The topological polar surface area (TPSA) is 84.3 Å². The molecule has 3 rings (SSSR count). The minimum absolute atomic E-state index is 0.167. The van der Waals surface area contributed by atoms with E-state index in [-0.39, 0.29) is 17.3 Å². The summed E-state index contributed by atoms with van der Waals surface area (Å²) in [5.41, 5.74) is 2.59. The van der Waals surface area contributed by atoms with Crippen molar-refractivity contribution in [2.75, 3.05) is 12.4 Å². The fourth-order valence-electron chi connectivity index (χ4n) is 2.83. The number of aromatic nitrogens is 2. The molecule has 1 amide bonds. The van der Waals surface area contributed by atoms with Gasteiger partial charge in [0, 0.05) is 26.3 Å². The summed E-state index contributed by atoms with van der Waals surface area (Å²) in [6.45, 7) is 2.09. The van der Waals surface area contributed by atoms with Crippen LogP contribution in [0, 0.1) is 6.92 Å². The Morgan fingerprint density at radius 1 is 1.11 bits per heavy atom. The zero-order valence-corrected chi connectivity index (χ0v) is 16.8. The van der Waals surface area contributed by atoms with Gasteiger partial charge in [-0.25, -0.2) is 8.42 Å². The van der Waals surface area contributed by atoms with E-state index in [9.17, 15) is 13.2 Å². The van der Waals surface area contributed by atoms with Crippen molar-refractivity contribution in [3.8, 4) is 0 Å². The van der Waals surface area contributed by atoms with E-state index in [4.69, 9.17) is 0 Å². The first-order valence-corrected chi connectivity index (χ1v) is 10.1. The lowest BCUT2D eigenvalue weighted by molar-refractivity contribution is 0.101. The first kappa shape index (κ1) is 19.8. The number of amides is 1. The van der Waals surface area contributed by atoms with Gasteiger partial charge in [-0.2, -0.15) is 9.40 Å². The molecular weight excluding hydrogens is 376 g/mol. The van der Waals surface area contributed by atoms with Crippen LogP contribution in [0.2, 0.25) is 0 Å². The van der Waals surface area contributed by atoms with Crippen molar-refractivity contribution in [2.45, 2.75) is 18.4 Å². The smallest absolute Gasteiger partial charge is 0.273 e. The fraction of sp³-hybridized carbons (Fsp3) is 0.200. The van der Waals surface area contributed by atoms with Gasteiger partial charge in [0.2, 0.25) is 10.0 Å². The van der Waals surface area contributed by atoms with Crippen LogP contribution in [0.15, 0.2) is 65.6 Å². The van der Waals surface area contributed by atoms with Gasteiger partial charge in [-0.3, -0.25) is 9.48 Å². The molecule has 0 fully saturated rings. The maximum atomic E-state index is 12.8. The van der Waals surface area contributed by atoms with Crippen LogP contribution < -0.4 is 5.32 Å². The molecule has 7 nitrogen and oxygen atoms in total. The molecule has 1 aromatic heterocycles. The largest absolute Gasteiger partial charge is 0.321 e. The van der Waals surface area contributed by atoms with Gasteiger partial charge in [-0.1, -0.05) is 30.3 Å². The van der Waals surface area contributed by atoms with Crippen molar-refractivity contribution in [2.24, 2.45) is 7.05 Å². The summed E-state index contributed by atoms with van der Waals surface area (Å²) >= 11 is 0. The van der Waals surface area contributed by atoms with Crippen molar-refractivity contribution in [3.63, 3.8) is 0 Å². The van der Waals surface area contributed by atoms with Crippen molar-refractivity contribution < 1.29 is 13.2 Å². The van der Waals surface area contributed by atoms with Crippen molar-refractivity contribution in [1.29, 1.82) is 0 Å². The molecule has 0 spiro atoms. The Morgan fingerprint density at radius 2 is 1.75 bits per heavy atom. The quantitative estimate of drug-likeness (QED) is 0.692. The number of carbonyl (C=O) groups excluding carboxylic acids is 1. The van der Waals surface area contributed by atoms with Gasteiger partial charge in [0.15, 0.2) is 0 Å². The summed E-state index contributed by atoms with van der Waals surface area (Å²) in [6, 6.07) is 17.2. The Balaban J connectivity index is 1.72. The van der Waals surface area contributed by atoms with Crippen LogP contribution in [0.4, 0.5) is 5.69 Å². The lowest BCUT2D eigenvalue weighted by Gasteiger charge is -2.17. The number of aryl methyl sites for hydroxylation is 2. The maximum absolute atomic E-state index is 12.8. The van der Waals surface area contributed by atoms with E-state index in [0.717, 1.165) is 11.3 Å². The van der Waals surface area contributed by atoms with Crippen molar-refractivity contribution in [3.05, 3.63) is 77.6 Å². The van der Waals surface area contributed by atoms with Crippen LogP contribution in [0.5, 0.6) is 0 Å². The SMILES string of the molecule is Cc1cc(C(=O)Nc2ccc(S(=O)(=O)N(C)Cc3ccccc3)cc2)n(C)n1. The van der Waals surface area contributed by atoms with Crippen LogP contribution in [0.1, 0.15) is 21.7 Å². The van der Waals surface area contributed by atoms with E-state index in [1.54, 1.807) is 32.3 Å². The molecular formula is C20H22N4O3S. The summed E-state index contributed by atoms with van der Waals surface area (Å²) in [5.74, 6) is -0.306. The number of benzene rings is 2. The Kier molecular flexibility index (Phi) is 5.62. The number of rotatable bonds is 6. The predicted octanol–water partition coefficient (Wildman–Crippen LogP) is 2.80. The van der Waals surface area contributed by atoms with Crippen molar-refractivity contribution >= 4 is 21.6 Å². The number of nitrogens with one attached hydrogen (secondary N) is 1. The van der Waals surface area contributed by atoms with Gasteiger partial charge in [0.05, 0.1) is 10.6 Å². The highest BCUT2D eigenvalue weighted by Gasteiger charge is 2.21. The Hall–Kier alpha value is -2.97. The Morgan fingerprint density at radius 3 is 2.32 bits per heavy atom. The van der Waals surface area contributed by atoms with Gasteiger partial charge in [0.1, 0.15) is 5.69 Å². The monoisotopic (exact) mass is 398 g/mol. The number of hydrogen-bond donors (Lipinski definition) is 1. The minimum atomic E-state index is -3.63. The van der Waals surface area contributed by atoms with Crippen LogP contribution in [0.25, 0.3) is 0 Å².